The maximum Gasteiger partial charge on any atom is 0.311 e. The summed E-state index contributed by atoms with van der Waals surface area (Å²) in [6.45, 7) is 0.873. The number of aldehydes is 1. The van der Waals surface area contributed by atoms with Crippen LogP contribution < -0.4 is 4.90 Å². The number of carbonyl (C=O) groups excluding carboxylic acids is 1. The van der Waals surface area contributed by atoms with Gasteiger partial charge in [-0.05, 0) is 17.2 Å². The van der Waals surface area contributed by atoms with Crippen LogP contribution in [0.3, 0.4) is 0 Å². The maximum atomic E-state index is 11.5. The van der Waals surface area contributed by atoms with Crippen LogP contribution in [-0.2, 0) is 13.1 Å². The number of nitrogens with zero attached hydrogens (tertiary/aromatic N) is 3. The number of aromatic nitrogens is 1. The predicted octanol–water partition coefficient (Wildman–Crippen LogP) is 4.01. The van der Waals surface area contributed by atoms with Gasteiger partial charge < -0.3 is 4.90 Å². The number of hydrogen-bond donors (Lipinski definition) is 0. The molecule has 26 heavy (non-hydrogen) atoms. The Labute approximate surface area is 150 Å². The van der Waals surface area contributed by atoms with Crippen molar-refractivity contribution in [1.29, 1.82) is 0 Å². The first-order chi connectivity index (χ1) is 12.7. The lowest BCUT2D eigenvalue weighted by atomic mass is 10.1. The first-order valence-electron chi connectivity index (χ1n) is 8.11. The molecule has 130 valence electrons. The van der Waals surface area contributed by atoms with E-state index in [2.05, 4.69) is 4.98 Å². The van der Waals surface area contributed by atoms with E-state index in [-0.39, 0.29) is 17.2 Å². The molecular formula is C20H17N3O3. The summed E-state index contributed by atoms with van der Waals surface area (Å²) in [6, 6.07) is 22.0. The molecule has 0 N–H and O–H groups in total. The molecule has 6 nitrogen and oxygen atoms in total. The zero-order valence-electron chi connectivity index (χ0n) is 14.0. The second-order valence-electron chi connectivity index (χ2n) is 5.78. The molecule has 3 rings (SSSR count). The average molecular weight is 347 g/mol. The standard InChI is InChI=1S/C20H17N3O3/c24-15-18-11-12-19(23(25)26)20(21-18)22(13-16-7-3-1-4-8-16)14-17-9-5-2-6-10-17/h1-12,15H,13-14H2. The van der Waals surface area contributed by atoms with E-state index in [9.17, 15) is 14.9 Å². The molecule has 0 radical (unpaired) electrons. The Balaban J connectivity index is 2.04. The van der Waals surface area contributed by atoms with Crippen LogP contribution in [0.4, 0.5) is 11.5 Å². The summed E-state index contributed by atoms with van der Waals surface area (Å²) in [4.78, 5) is 28.2. The molecule has 2 aromatic carbocycles. The van der Waals surface area contributed by atoms with E-state index in [1.54, 1.807) is 0 Å². The second-order valence-corrected chi connectivity index (χ2v) is 5.78. The van der Waals surface area contributed by atoms with Crippen molar-refractivity contribution in [2.75, 3.05) is 4.90 Å². The summed E-state index contributed by atoms with van der Waals surface area (Å²) in [5.74, 6) is 0.187. The number of anilines is 1. The van der Waals surface area contributed by atoms with Gasteiger partial charge in [-0.1, -0.05) is 60.7 Å². The van der Waals surface area contributed by atoms with Crippen molar-refractivity contribution in [3.63, 3.8) is 0 Å². The van der Waals surface area contributed by atoms with Crippen LogP contribution in [0.15, 0.2) is 72.8 Å². The van der Waals surface area contributed by atoms with Gasteiger partial charge in [-0.25, -0.2) is 4.98 Å². The molecular weight excluding hydrogens is 330 g/mol. The van der Waals surface area contributed by atoms with E-state index in [1.807, 2.05) is 65.6 Å². The van der Waals surface area contributed by atoms with Crippen LogP contribution in [0, 0.1) is 10.1 Å². The number of carbonyl (C=O) groups is 1. The number of benzene rings is 2. The van der Waals surface area contributed by atoms with E-state index in [0.717, 1.165) is 11.1 Å². The van der Waals surface area contributed by atoms with Crippen molar-refractivity contribution in [2.24, 2.45) is 0 Å². The van der Waals surface area contributed by atoms with Gasteiger partial charge in [0, 0.05) is 19.2 Å². The molecule has 1 aromatic heterocycles. The fourth-order valence-corrected chi connectivity index (χ4v) is 2.71. The molecule has 0 bridgehead atoms. The highest BCUT2D eigenvalue weighted by Gasteiger charge is 2.22. The van der Waals surface area contributed by atoms with Gasteiger partial charge in [-0.15, -0.1) is 0 Å². The number of hydrogen-bond acceptors (Lipinski definition) is 5. The lowest BCUT2D eigenvalue weighted by Gasteiger charge is -2.24. The van der Waals surface area contributed by atoms with Crippen LogP contribution in [-0.4, -0.2) is 16.2 Å². The maximum absolute atomic E-state index is 11.5. The topological polar surface area (TPSA) is 76.3 Å². The Kier molecular flexibility index (Phi) is 5.34. The van der Waals surface area contributed by atoms with Crippen molar-refractivity contribution in [1.82, 2.24) is 4.98 Å². The van der Waals surface area contributed by atoms with Gasteiger partial charge in [0.15, 0.2) is 6.29 Å². The van der Waals surface area contributed by atoms with Crippen molar-refractivity contribution in [3.8, 4) is 0 Å². The smallest absolute Gasteiger partial charge is 0.311 e. The van der Waals surface area contributed by atoms with Crippen LogP contribution in [0.5, 0.6) is 0 Å². The van der Waals surface area contributed by atoms with E-state index in [1.165, 1.54) is 12.1 Å². The van der Waals surface area contributed by atoms with Crippen LogP contribution in [0.2, 0.25) is 0 Å². The minimum Gasteiger partial charge on any atom is -0.342 e. The molecule has 0 saturated carbocycles. The summed E-state index contributed by atoms with van der Waals surface area (Å²) in [5.41, 5.74) is 2.03. The Morgan fingerprint density at radius 2 is 1.42 bits per heavy atom. The van der Waals surface area contributed by atoms with Gasteiger partial charge in [0.05, 0.1) is 4.92 Å². The lowest BCUT2D eigenvalue weighted by molar-refractivity contribution is -0.384. The molecule has 0 aliphatic heterocycles. The summed E-state index contributed by atoms with van der Waals surface area (Å²) in [7, 11) is 0. The fraction of sp³-hybridized carbons (Fsp3) is 0.100. The highest BCUT2D eigenvalue weighted by Crippen LogP contribution is 2.28. The molecule has 1 heterocycles. The molecule has 0 spiro atoms. The Bertz CT molecular complexity index is 857. The first-order valence-corrected chi connectivity index (χ1v) is 8.11. The van der Waals surface area contributed by atoms with Crippen LogP contribution in [0.1, 0.15) is 21.6 Å². The van der Waals surface area contributed by atoms with Crippen LogP contribution in [0.25, 0.3) is 0 Å². The summed E-state index contributed by atoms with van der Waals surface area (Å²) >= 11 is 0. The van der Waals surface area contributed by atoms with Crippen molar-refractivity contribution in [2.45, 2.75) is 13.1 Å². The van der Waals surface area contributed by atoms with Crippen LogP contribution >= 0.6 is 0 Å². The molecule has 0 fully saturated rings. The molecule has 0 saturated heterocycles. The minimum absolute atomic E-state index is 0.123. The van der Waals surface area contributed by atoms with Gasteiger partial charge in [-0.2, -0.15) is 0 Å². The Morgan fingerprint density at radius 1 is 0.885 bits per heavy atom. The Morgan fingerprint density at radius 3 is 1.88 bits per heavy atom. The monoisotopic (exact) mass is 347 g/mol. The van der Waals surface area contributed by atoms with Gasteiger partial charge in [0.2, 0.25) is 5.82 Å². The number of rotatable bonds is 7. The summed E-state index contributed by atoms with van der Waals surface area (Å²) < 4.78 is 0. The zero-order valence-corrected chi connectivity index (χ0v) is 14.0. The first kappa shape index (κ1) is 17.3. The molecule has 0 aliphatic rings. The predicted molar refractivity (Wildman–Crippen MR) is 99.0 cm³/mol. The van der Waals surface area contributed by atoms with E-state index in [0.29, 0.717) is 19.4 Å². The van der Waals surface area contributed by atoms with E-state index in [4.69, 9.17) is 0 Å². The zero-order chi connectivity index (χ0) is 18.4. The molecule has 0 unspecified atom stereocenters. The van der Waals surface area contributed by atoms with E-state index < -0.39 is 4.92 Å². The molecule has 0 atom stereocenters. The second kappa shape index (κ2) is 8.02. The highest BCUT2D eigenvalue weighted by molar-refractivity contribution is 5.75. The fourth-order valence-electron chi connectivity index (χ4n) is 2.71. The third-order valence-electron chi connectivity index (χ3n) is 3.93. The normalized spacial score (nSPS) is 10.3. The molecule has 0 amide bonds. The number of nitro groups is 1. The molecule has 0 aliphatic carbocycles. The quantitative estimate of drug-likeness (QED) is 0.367. The van der Waals surface area contributed by atoms with E-state index >= 15 is 0 Å². The Hall–Kier alpha value is -3.54. The van der Waals surface area contributed by atoms with Crippen molar-refractivity contribution < 1.29 is 9.72 Å². The summed E-state index contributed by atoms with van der Waals surface area (Å²) in [6.07, 6.45) is 0.594. The van der Waals surface area contributed by atoms with Crippen molar-refractivity contribution in [3.05, 3.63) is 99.7 Å². The molecule has 6 heteroatoms. The third-order valence-corrected chi connectivity index (χ3v) is 3.93. The van der Waals surface area contributed by atoms with Crippen molar-refractivity contribution >= 4 is 17.8 Å². The third kappa shape index (κ3) is 4.10. The van der Waals surface area contributed by atoms with Gasteiger partial charge >= 0.3 is 5.69 Å². The highest BCUT2D eigenvalue weighted by atomic mass is 16.6. The van der Waals surface area contributed by atoms with Gasteiger partial charge in [0.25, 0.3) is 0 Å². The minimum atomic E-state index is -0.472. The summed E-state index contributed by atoms with van der Waals surface area (Å²) in [5, 5.41) is 11.5. The van der Waals surface area contributed by atoms with Gasteiger partial charge in [-0.3, -0.25) is 14.9 Å². The average Bonchev–Trinajstić information content (AvgIpc) is 2.68. The largest absolute Gasteiger partial charge is 0.342 e. The van der Waals surface area contributed by atoms with Gasteiger partial charge in [0.1, 0.15) is 5.69 Å². The number of pyridine rings is 1. The molecule has 3 aromatic rings. The lowest BCUT2D eigenvalue weighted by Crippen LogP contribution is -2.24. The SMILES string of the molecule is O=Cc1ccc([N+](=O)[O-])c(N(Cc2ccccc2)Cc2ccccc2)n1.